The van der Waals surface area contributed by atoms with E-state index in [1.54, 1.807) is 18.2 Å². The first-order chi connectivity index (χ1) is 13.6. The molecule has 2 amide bonds. The minimum atomic E-state index is -0.319. The quantitative estimate of drug-likeness (QED) is 0.797. The molecule has 28 heavy (non-hydrogen) atoms. The maximum absolute atomic E-state index is 13.9. The van der Waals surface area contributed by atoms with Crippen molar-refractivity contribution in [1.29, 1.82) is 0 Å². The van der Waals surface area contributed by atoms with Crippen LogP contribution in [-0.2, 0) is 16.0 Å². The van der Waals surface area contributed by atoms with E-state index in [9.17, 15) is 14.0 Å². The molecule has 1 aliphatic carbocycles. The lowest BCUT2D eigenvalue weighted by Crippen LogP contribution is -2.57. The minimum absolute atomic E-state index is 0.0120. The molecular weight excluding hydrogens is 355 g/mol. The molecular formula is C23H29FN2O2. The first-order valence-electron chi connectivity index (χ1n) is 10.6. The van der Waals surface area contributed by atoms with E-state index in [2.05, 4.69) is 11.0 Å². The highest BCUT2D eigenvalue weighted by Gasteiger charge is 2.39. The fourth-order valence-corrected chi connectivity index (χ4v) is 5.02. The Kier molecular flexibility index (Phi) is 5.79. The second kappa shape index (κ2) is 8.46. The van der Waals surface area contributed by atoms with Gasteiger partial charge in [-0.2, -0.15) is 0 Å². The van der Waals surface area contributed by atoms with Crippen LogP contribution in [0.3, 0.4) is 0 Å². The molecule has 2 atom stereocenters. The minimum Gasteiger partial charge on any atom is -0.342 e. The molecule has 0 bridgehead atoms. The van der Waals surface area contributed by atoms with Gasteiger partial charge in [0.25, 0.3) is 0 Å². The predicted molar refractivity (Wildman–Crippen MR) is 106 cm³/mol. The van der Waals surface area contributed by atoms with Gasteiger partial charge >= 0.3 is 0 Å². The van der Waals surface area contributed by atoms with Crippen LogP contribution in [0.2, 0.25) is 0 Å². The van der Waals surface area contributed by atoms with Crippen LogP contribution in [-0.4, -0.2) is 47.3 Å². The number of fused-ring (bicyclic) bond motifs is 1. The van der Waals surface area contributed by atoms with Crippen LogP contribution in [0, 0.1) is 11.7 Å². The largest absolute Gasteiger partial charge is 0.342 e. The number of nitrogens with zero attached hydrogens (tertiary/aromatic N) is 2. The maximum atomic E-state index is 13.9. The Hall–Kier alpha value is -2.17. The summed E-state index contributed by atoms with van der Waals surface area (Å²) in [6, 6.07) is 6.73. The van der Waals surface area contributed by atoms with Gasteiger partial charge in [-0.25, -0.2) is 4.39 Å². The molecule has 1 aromatic carbocycles. The van der Waals surface area contributed by atoms with Gasteiger partial charge in [-0.05, 0) is 62.5 Å². The lowest BCUT2D eigenvalue weighted by atomic mass is 9.83. The standard InChI is InChI=1S/C23H29FN2O2/c24-20-11-5-4-9-18(20)15-22(27)25-14-12-21-19(16-25)10-6-13-26(21)23(28)17-7-2-1-3-8-17/h4-5,7,9,11,19,21H,1-3,6,8,10,12-16H2/t19-,21+/m1/s1. The molecule has 0 radical (unpaired) electrons. The zero-order chi connectivity index (χ0) is 19.5. The van der Waals surface area contributed by atoms with Crippen molar-refractivity contribution in [3.05, 3.63) is 47.3 Å². The number of hydrogen-bond donors (Lipinski definition) is 0. The number of halogens is 1. The van der Waals surface area contributed by atoms with Gasteiger partial charge in [-0.1, -0.05) is 24.3 Å². The summed E-state index contributed by atoms with van der Waals surface area (Å²) < 4.78 is 13.9. The number of carbonyl (C=O) groups is 2. The first-order valence-corrected chi connectivity index (χ1v) is 10.6. The zero-order valence-corrected chi connectivity index (χ0v) is 16.4. The van der Waals surface area contributed by atoms with Crippen molar-refractivity contribution in [2.75, 3.05) is 19.6 Å². The molecule has 5 heteroatoms. The Morgan fingerprint density at radius 1 is 1.07 bits per heavy atom. The van der Waals surface area contributed by atoms with Gasteiger partial charge in [-0.15, -0.1) is 0 Å². The van der Waals surface area contributed by atoms with Crippen molar-refractivity contribution in [3.8, 4) is 0 Å². The molecule has 2 saturated heterocycles. The average molecular weight is 384 g/mol. The summed E-state index contributed by atoms with van der Waals surface area (Å²) in [7, 11) is 0. The molecule has 0 spiro atoms. The number of likely N-dealkylation sites (tertiary alicyclic amines) is 2. The second-order valence-electron chi connectivity index (χ2n) is 8.34. The highest BCUT2D eigenvalue weighted by atomic mass is 19.1. The van der Waals surface area contributed by atoms with E-state index in [4.69, 9.17) is 0 Å². The Morgan fingerprint density at radius 2 is 1.93 bits per heavy atom. The zero-order valence-electron chi connectivity index (χ0n) is 16.4. The fraction of sp³-hybridized carbons (Fsp3) is 0.565. The Morgan fingerprint density at radius 3 is 2.71 bits per heavy atom. The van der Waals surface area contributed by atoms with E-state index in [0.717, 1.165) is 50.6 Å². The van der Waals surface area contributed by atoms with Gasteiger partial charge in [0.1, 0.15) is 5.82 Å². The molecule has 4 rings (SSSR count). The third-order valence-electron chi connectivity index (χ3n) is 6.55. The van der Waals surface area contributed by atoms with Crippen LogP contribution in [0.25, 0.3) is 0 Å². The van der Waals surface area contributed by atoms with E-state index in [0.29, 0.717) is 24.6 Å². The van der Waals surface area contributed by atoms with Gasteiger partial charge in [-0.3, -0.25) is 9.59 Å². The lowest BCUT2D eigenvalue weighted by Gasteiger charge is -2.47. The van der Waals surface area contributed by atoms with E-state index < -0.39 is 0 Å². The van der Waals surface area contributed by atoms with Crippen molar-refractivity contribution >= 4 is 11.8 Å². The predicted octanol–water partition coefficient (Wildman–Crippen LogP) is 3.71. The number of rotatable bonds is 3. The molecule has 150 valence electrons. The molecule has 3 aliphatic rings. The maximum Gasteiger partial charge on any atom is 0.249 e. The van der Waals surface area contributed by atoms with E-state index in [-0.39, 0.29) is 30.1 Å². The summed E-state index contributed by atoms with van der Waals surface area (Å²) in [5, 5.41) is 0. The molecule has 2 heterocycles. The van der Waals surface area contributed by atoms with Crippen LogP contribution in [0.15, 0.2) is 35.9 Å². The molecule has 2 fully saturated rings. The van der Waals surface area contributed by atoms with Crippen molar-refractivity contribution in [2.45, 2.75) is 57.4 Å². The van der Waals surface area contributed by atoms with Crippen LogP contribution in [0.5, 0.6) is 0 Å². The topological polar surface area (TPSA) is 40.6 Å². The third kappa shape index (κ3) is 3.98. The van der Waals surface area contributed by atoms with E-state index >= 15 is 0 Å². The highest BCUT2D eigenvalue weighted by molar-refractivity contribution is 5.94. The average Bonchev–Trinajstić information content (AvgIpc) is 2.74. The first kappa shape index (κ1) is 19.2. The molecule has 4 nitrogen and oxygen atoms in total. The molecule has 0 aromatic heterocycles. The fourth-order valence-electron chi connectivity index (χ4n) is 5.02. The van der Waals surface area contributed by atoms with Gasteiger partial charge in [0.2, 0.25) is 11.8 Å². The monoisotopic (exact) mass is 384 g/mol. The number of amides is 2. The number of hydrogen-bond acceptors (Lipinski definition) is 2. The summed E-state index contributed by atoms with van der Waals surface area (Å²) in [5.74, 6) is 0.226. The van der Waals surface area contributed by atoms with Crippen LogP contribution in [0.4, 0.5) is 4.39 Å². The SMILES string of the molecule is O=C(Cc1ccccc1F)N1CC[C@H]2[C@H](CCCN2C(=O)C2=CCCCC2)C1. The van der Waals surface area contributed by atoms with Gasteiger partial charge in [0.15, 0.2) is 0 Å². The van der Waals surface area contributed by atoms with Crippen molar-refractivity contribution in [3.63, 3.8) is 0 Å². The summed E-state index contributed by atoms with van der Waals surface area (Å²) >= 11 is 0. The third-order valence-corrected chi connectivity index (χ3v) is 6.55. The van der Waals surface area contributed by atoms with Crippen LogP contribution in [0.1, 0.15) is 50.5 Å². The normalized spacial score (nSPS) is 25.1. The lowest BCUT2D eigenvalue weighted by molar-refractivity contribution is -0.139. The number of allylic oxidation sites excluding steroid dienone is 1. The van der Waals surface area contributed by atoms with Crippen molar-refractivity contribution in [1.82, 2.24) is 9.80 Å². The smallest absolute Gasteiger partial charge is 0.249 e. The van der Waals surface area contributed by atoms with E-state index in [1.807, 2.05) is 4.90 Å². The van der Waals surface area contributed by atoms with Crippen molar-refractivity contribution in [2.24, 2.45) is 5.92 Å². The summed E-state index contributed by atoms with van der Waals surface area (Å²) in [6.07, 6.45) is 9.32. The van der Waals surface area contributed by atoms with Gasteiger partial charge in [0, 0.05) is 31.2 Å². The second-order valence-corrected chi connectivity index (χ2v) is 8.34. The Labute approximate surface area is 166 Å². The summed E-state index contributed by atoms with van der Waals surface area (Å²) in [6.45, 7) is 2.17. The molecule has 0 saturated carbocycles. The van der Waals surface area contributed by atoms with Crippen LogP contribution >= 0.6 is 0 Å². The van der Waals surface area contributed by atoms with E-state index in [1.165, 1.54) is 12.5 Å². The summed E-state index contributed by atoms with van der Waals surface area (Å²) in [4.78, 5) is 29.7. The molecule has 0 unspecified atom stereocenters. The van der Waals surface area contributed by atoms with Crippen molar-refractivity contribution < 1.29 is 14.0 Å². The number of benzene rings is 1. The van der Waals surface area contributed by atoms with Gasteiger partial charge < -0.3 is 9.80 Å². The van der Waals surface area contributed by atoms with Crippen LogP contribution < -0.4 is 0 Å². The molecule has 1 aromatic rings. The molecule has 2 aliphatic heterocycles. The molecule has 0 N–H and O–H groups in total. The van der Waals surface area contributed by atoms with Gasteiger partial charge in [0.05, 0.1) is 6.42 Å². The number of piperidine rings is 2. The Bertz CT molecular complexity index is 776. The Balaban J connectivity index is 1.40. The summed E-state index contributed by atoms with van der Waals surface area (Å²) in [5.41, 5.74) is 1.45. The number of carbonyl (C=O) groups excluding carboxylic acids is 2. The highest BCUT2D eigenvalue weighted by Crippen LogP contribution is 2.33.